The highest BCUT2D eigenvalue weighted by Crippen LogP contribution is 2.34. The lowest BCUT2D eigenvalue weighted by molar-refractivity contribution is -0.138. The average molecular weight is 379 g/mol. The molecular weight excluding hydrogens is 369 g/mol. The van der Waals surface area contributed by atoms with Gasteiger partial charge in [0.2, 0.25) is 0 Å². The van der Waals surface area contributed by atoms with Crippen molar-refractivity contribution in [2.24, 2.45) is 0 Å². The van der Waals surface area contributed by atoms with Crippen LogP contribution in [0, 0.1) is 0 Å². The van der Waals surface area contributed by atoms with E-state index in [1.54, 1.807) is 18.5 Å². The van der Waals surface area contributed by atoms with Crippen molar-refractivity contribution in [3.8, 4) is 0 Å². The molecule has 1 aromatic carbocycles. The highest BCUT2D eigenvalue weighted by Gasteiger charge is 2.35. The second-order valence-corrected chi connectivity index (χ2v) is 6.09. The summed E-state index contributed by atoms with van der Waals surface area (Å²) in [6.07, 6.45) is -3.02. The molecule has 0 radical (unpaired) electrons. The van der Waals surface area contributed by atoms with Crippen LogP contribution in [0.25, 0.3) is 0 Å². The van der Waals surface area contributed by atoms with Crippen LogP contribution in [0.5, 0.6) is 0 Å². The van der Waals surface area contributed by atoms with Crippen LogP contribution in [0.3, 0.4) is 0 Å². The number of alkyl halides is 3. The summed E-state index contributed by atoms with van der Waals surface area (Å²) in [7, 11) is 0. The Kier molecular flexibility index (Phi) is 4.67. The zero-order valence-corrected chi connectivity index (χ0v) is 13.1. The van der Waals surface area contributed by atoms with Gasteiger partial charge in [-0.2, -0.15) is 13.2 Å². The molecule has 0 aliphatic carbocycles. The maximum absolute atomic E-state index is 13.0. The van der Waals surface area contributed by atoms with Crippen molar-refractivity contribution in [1.82, 2.24) is 10.3 Å². The van der Waals surface area contributed by atoms with Gasteiger partial charge in [0, 0.05) is 16.0 Å². The number of hydrogen-bond acceptors (Lipinski definition) is 3. The summed E-state index contributed by atoms with van der Waals surface area (Å²) >= 11 is 4.31. The molecule has 1 heterocycles. The third-order valence-electron chi connectivity index (χ3n) is 2.70. The first-order valence-electron chi connectivity index (χ1n) is 5.86. The molecular formula is C13H10BrF3N2OS. The van der Waals surface area contributed by atoms with Crippen LogP contribution in [-0.2, 0) is 6.18 Å². The number of amides is 1. The molecule has 3 nitrogen and oxygen atoms in total. The van der Waals surface area contributed by atoms with Crippen molar-refractivity contribution in [3.05, 3.63) is 50.4 Å². The van der Waals surface area contributed by atoms with Gasteiger partial charge in [-0.25, -0.2) is 4.98 Å². The van der Waals surface area contributed by atoms with Gasteiger partial charge in [-0.1, -0.05) is 15.9 Å². The average Bonchev–Trinajstić information content (AvgIpc) is 2.91. The summed E-state index contributed by atoms with van der Waals surface area (Å²) in [4.78, 5) is 16.1. The number of hydrogen-bond donors (Lipinski definition) is 1. The van der Waals surface area contributed by atoms with E-state index in [0.717, 1.165) is 12.1 Å². The Morgan fingerprint density at radius 3 is 2.71 bits per heavy atom. The number of nitrogens with zero attached hydrogens (tertiary/aromatic N) is 1. The summed E-state index contributed by atoms with van der Waals surface area (Å²) in [6.45, 7) is 1.67. The zero-order valence-electron chi connectivity index (χ0n) is 10.7. The van der Waals surface area contributed by atoms with Crippen LogP contribution >= 0.6 is 27.3 Å². The fraction of sp³-hybridized carbons (Fsp3) is 0.231. The molecule has 2 rings (SSSR count). The van der Waals surface area contributed by atoms with Crippen molar-refractivity contribution in [1.29, 1.82) is 0 Å². The Bertz CT molecular complexity index is 643. The number of thiazole rings is 1. The smallest absolute Gasteiger partial charge is 0.343 e. The highest BCUT2D eigenvalue weighted by atomic mass is 79.9. The molecule has 1 atom stereocenters. The molecule has 0 spiro atoms. The van der Waals surface area contributed by atoms with E-state index in [4.69, 9.17) is 0 Å². The van der Waals surface area contributed by atoms with E-state index in [1.807, 2.05) is 0 Å². The molecule has 0 aliphatic rings. The van der Waals surface area contributed by atoms with E-state index in [1.165, 1.54) is 17.4 Å². The van der Waals surface area contributed by atoms with Gasteiger partial charge in [-0.15, -0.1) is 11.3 Å². The predicted octanol–water partition coefficient (Wildman–Crippen LogP) is 4.42. The number of carbonyl (C=O) groups excluding carboxylic acids is 1. The van der Waals surface area contributed by atoms with Gasteiger partial charge in [0.1, 0.15) is 5.01 Å². The third kappa shape index (κ3) is 3.82. The minimum absolute atomic E-state index is 0.263. The minimum Gasteiger partial charge on any atom is -0.343 e. The molecule has 8 heteroatoms. The molecule has 0 saturated heterocycles. The molecule has 0 aliphatic heterocycles. The van der Waals surface area contributed by atoms with Crippen LogP contribution in [0.15, 0.2) is 34.2 Å². The molecule has 1 aromatic heterocycles. The number of nitrogens with one attached hydrogen (secondary N) is 1. The summed E-state index contributed by atoms with van der Waals surface area (Å²) < 4.78 is 39.2. The van der Waals surface area contributed by atoms with E-state index in [0.29, 0.717) is 5.01 Å². The maximum atomic E-state index is 13.0. The Balaban J connectivity index is 2.27. The topological polar surface area (TPSA) is 42.0 Å². The molecule has 112 valence electrons. The minimum atomic E-state index is -4.60. The first kappa shape index (κ1) is 16.0. The number of halogens is 4. The molecule has 21 heavy (non-hydrogen) atoms. The largest absolute Gasteiger partial charge is 0.417 e. The standard InChI is InChI=1S/C13H10BrF3N2OS/c1-7(12-18-4-5-21-12)19-11(20)9-3-2-8(14)6-10(9)13(15,16)17/h2-7H,1H3,(H,19,20). The van der Waals surface area contributed by atoms with Gasteiger partial charge in [-0.05, 0) is 25.1 Å². The van der Waals surface area contributed by atoms with Gasteiger partial charge in [0.05, 0.1) is 17.2 Å². The van der Waals surface area contributed by atoms with Crippen LogP contribution in [-0.4, -0.2) is 10.9 Å². The van der Waals surface area contributed by atoms with Gasteiger partial charge in [-0.3, -0.25) is 4.79 Å². The number of carbonyl (C=O) groups is 1. The number of aromatic nitrogens is 1. The van der Waals surface area contributed by atoms with E-state index in [2.05, 4.69) is 26.2 Å². The molecule has 0 bridgehead atoms. The molecule has 0 fully saturated rings. The quantitative estimate of drug-likeness (QED) is 0.858. The summed E-state index contributed by atoms with van der Waals surface area (Å²) in [6, 6.07) is 2.99. The van der Waals surface area contributed by atoms with Crippen molar-refractivity contribution in [2.75, 3.05) is 0 Å². The lowest BCUT2D eigenvalue weighted by Crippen LogP contribution is -2.28. The molecule has 1 N–H and O–H groups in total. The Hall–Kier alpha value is -1.41. The second-order valence-electron chi connectivity index (χ2n) is 4.25. The maximum Gasteiger partial charge on any atom is 0.417 e. The van der Waals surface area contributed by atoms with Gasteiger partial charge in [0.15, 0.2) is 0 Å². The normalized spacial score (nSPS) is 13.0. The van der Waals surface area contributed by atoms with Crippen LogP contribution < -0.4 is 5.32 Å². The Morgan fingerprint density at radius 1 is 1.43 bits per heavy atom. The summed E-state index contributed by atoms with van der Waals surface area (Å²) in [5.41, 5.74) is -1.38. The Morgan fingerprint density at radius 2 is 2.14 bits per heavy atom. The molecule has 2 aromatic rings. The zero-order chi connectivity index (χ0) is 15.6. The van der Waals surface area contributed by atoms with E-state index in [-0.39, 0.29) is 4.47 Å². The van der Waals surface area contributed by atoms with Gasteiger partial charge < -0.3 is 5.32 Å². The molecule has 1 unspecified atom stereocenters. The van der Waals surface area contributed by atoms with Crippen molar-refractivity contribution in [2.45, 2.75) is 19.1 Å². The van der Waals surface area contributed by atoms with Crippen LogP contribution in [0.4, 0.5) is 13.2 Å². The fourth-order valence-electron chi connectivity index (χ4n) is 1.73. The van der Waals surface area contributed by atoms with Crippen LogP contribution in [0.2, 0.25) is 0 Å². The van der Waals surface area contributed by atoms with Gasteiger partial charge >= 0.3 is 6.18 Å². The lowest BCUT2D eigenvalue weighted by atomic mass is 10.1. The molecule has 1 amide bonds. The third-order valence-corrected chi connectivity index (χ3v) is 4.15. The van der Waals surface area contributed by atoms with E-state index < -0.39 is 29.3 Å². The first-order valence-corrected chi connectivity index (χ1v) is 7.53. The van der Waals surface area contributed by atoms with Crippen LogP contribution in [0.1, 0.15) is 33.9 Å². The Labute approximate surface area is 131 Å². The number of benzene rings is 1. The predicted molar refractivity (Wildman–Crippen MR) is 77.1 cm³/mol. The first-order chi connectivity index (χ1) is 9.79. The molecule has 0 saturated carbocycles. The summed E-state index contributed by atoms with van der Waals surface area (Å²) in [5, 5.41) is 4.89. The van der Waals surface area contributed by atoms with E-state index in [9.17, 15) is 18.0 Å². The summed E-state index contributed by atoms with van der Waals surface area (Å²) in [5.74, 6) is -0.780. The monoisotopic (exact) mass is 378 g/mol. The van der Waals surface area contributed by atoms with Gasteiger partial charge in [0.25, 0.3) is 5.91 Å². The highest BCUT2D eigenvalue weighted by molar-refractivity contribution is 9.10. The number of rotatable bonds is 3. The van der Waals surface area contributed by atoms with Crippen molar-refractivity contribution >= 4 is 33.2 Å². The lowest BCUT2D eigenvalue weighted by Gasteiger charge is -2.15. The van der Waals surface area contributed by atoms with Crippen molar-refractivity contribution < 1.29 is 18.0 Å². The van der Waals surface area contributed by atoms with Crippen molar-refractivity contribution in [3.63, 3.8) is 0 Å². The SMILES string of the molecule is CC(NC(=O)c1ccc(Br)cc1C(F)(F)F)c1nccs1. The fourth-order valence-corrected chi connectivity index (χ4v) is 2.74. The van der Waals surface area contributed by atoms with E-state index >= 15 is 0 Å². The second kappa shape index (κ2) is 6.15.